The summed E-state index contributed by atoms with van der Waals surface area (Å²) in [6.45, 7) is 0.582. The number of nitrogens with one attached hydrogen (secondary N) is 1. The monoisotopic (exact) mass is 390 g/mol. The van der Waals surface area contributed by atoms with Crippen LogP contribution in [0.5, 0.6) is 0 Å². The third-order valence-electron chi connectivity index (χ3n) is 4.43. The fourth-order valence-electron chi connectivity index (χ4n) is 2.82. The highest BCUT2D eigenvalue weighted by Crippen LogP contribution is 2.21. The van der Waals surface area contributed by atoms with Crippen molar-refractivity contribution in [3.8, 4) is 0 Å². The highest BCUT2D eigenvalue weighted by molar-refractivity contribution is 5.97. The molecule has 0 bridgehead atoms. The Labute approximate surface area is 169 Å². The van der Waals surface area contributed by atoms with Crippen LogP contribution in [-0.4, -0.2) is 47.4 Å². The van der Waals surface area contributed by atoms with E-state index in [0.29, 0.717) is 29.2 Å². The van der Waals surface area contributed by atoms with Gasteiger partial charge in [-0.1, -0.05) is 12.1 Å². The number of esters is 1. The molecule has 0 aliphatic heterocycles. The topological polar surface area (TPSA) is 84.4 Å². The second-order valence-electron chi connectivity index (χ2n) is 6.42. The Morgan fingerprint density at radius 2 is 1.83 bits per heavy atom. The van der Waals surface area contributed by atoms with Crippen molar-refractivity contribution in [2.24, 2.45) is 0 Å². The number of anilines is 2. The van der Waals surface area contributed by atoms with Crippen LogP contribution in [0.3, 0.4) is 0 Å². The molecule has 3 rings (SSSR count). The second-order valence-corrected chi connectivity index (χ2v) is 6.42. The third kappa shape index (κ3) is 5.16. The summed E-state index contributed by atoms with van der Waals surface area (Å²) in [4.78, 5) is 34.6. The standard InChI is InChI=1S/C22H22N4O3/c1-26(14-10-16-7-11-23-12-8-16)21(27)17-9-13-24-20(15-17)25-19-6-4-3-5-18(19)22(28)29-2/h3-9,11-13,15H,10,14H2,1-2H3,(H,24,25). The second kappa shape index (κ2) is 9.45. The highest BCUT2D eigenvalue weighted by atomic mass is 16.5. The first-order chi connectivity index (χ1) is 14.1. The highest BCUT2D eigenvalue weighted by Gasteiger charge is 2.15. The lowest BCUT2D eigenvalue weighted by molar-refractivity contribution is 0.0601. The molecule has 0 saturated carbocycles. The molecule has 0 radical (unpaired) electrons. The van der Waals surface area contributed by atoms with E-state index in [1.165, 1.54) is 7.11 Å². The summed E-state index contributed by atoms with van der Waals surface area (Å²) >= 11 is 0. The largest absolute Gasteiger partial charge is 0.465 e. The quantitative estimate of drug-likeness (QED) is 0.623. The summed E-state index contributed by atoms with van der Waals surface area (Å²) in [5.74, 6) is -0.0864. The van der Waals surface area contributed by atoms with Crippen LogP contribution in [-0.2, 0) is 11.2 Å². The van der Waals surface area contributed by atoms with Gasteiger partial charge in [0.2, 0.25) is 0 Å². The zero-order valence-corrected chi connectivity index (χ0v) is 16.3. The minimum Gasteiger partial charge on any atom is -0.465 e. The van der Waals surface area contributed by atoms with E-state index in [4.69, 9.17) is 4.74 Å². The number of ether oxygens (including phenoxy) is 1. The van der Waals surface area contributed by atoms with E-state index in [1.807, 2.05) is 12.1 Å². The first-order valence-electron chi connectivity index (χ1n) is 9.13. The molecule has 7 heteroatoms. The number of aromatic nitrogens is 2. The Hall–Kier alpha value is -3.74. The van der Waals surface area contributed by atoms with Crippen molar-refractivity contribution in [2.75, 3.05) is 26.0 Å². The number of benzene rings is 1. The predicted molar refractivity (Wildman–Crippen MR) is 110 cm³/mol. The molecule has 0 aliphatic carbocycles. The van der Waals surface area contributed by atoms with Crippen LogP contribution in [0.25, 0.3) is 0 Å². The van der Waals surface area contributed by atoms with E-state index >= 15 is 0 Å². The molecule has 2 aromatic heterocycles. The van der Waals surface area contributed by atoms with Crippen molar-refractivity contribution >= 4 is 23.4 Å². The maximum atomic E-state index is 12.8. The molecule has 1 aromatic carbocycles. The Kier molecular flexibility index (Phi) is 6.52. The number of hydrogen-bond acceptors (Lipinski definition) is 6. The van der Waals surface area contributed by atoms with Crippen molar-refractivity contribution in [3.63, 3.8) is 0 Å². The van der Waals surface area contributed by atoms with Crippen LogP contribution in [0.1, 0.15) is 26.3 Å². The lowest BCUT2D eigenvalue weighted by atomic mass is 10.1. The van der Waals surface area contributed by atoms with Gasteiger partial charge < -0.3 is 15.0 Å². The number of pyridine rings is 2. The van der Waals surface area contributed by atoms with Gasteiger partial charge in [-0.25, -0.2) is 9.78 Å². The molecule has 29 heavy (non-hydrogen) atoms. The molecule has 148 valence electrons. The maximum Gasteiger partial charge on any atom is 0.339 e. The molecule has 0 fully saturated rings. The zero-order valence-electron chi connectivity index (χ0n) is 16.3. The molecule has 1 amide bonds. The number of hydrogen-bond donors (Lipinski definition) is 1. The fraction of sp³-hybridized carbons (Fsp3) is 0.182. The number of para-hydroxylation sites is 1. The molecule has 0 aliphatic rings. The van der Waals surface area contributed by atoms with Gasteiger partial charge in [-0.2, -0.15) is 0 Å². The van der Waals surface area contributed by atoms with Crippen molar-refractivity contribution < 1.29 is 14.3 Å². The van der Waals surface area contributed by atoms with E-state index in [2.05, 4.69) is 15.3 Å². The van der Waals surface area contributed by atoms with Gasteiger partial charge in [-0.15, -0.1) is 0 Å². The summed E-state index contributed by atoms with van der Waals surface area (Å²) in [7, 11) is 3.10. The normalized spacial score (nSPS) is 10.3. The summed E-state index contributed by atoms with van der Waals surface area (Å²) in [5, 5.41) is 3.09. The Bertz CT molecular complexity index is 992. The number of likely N-dealkylation sites (N-methyl/N-ethyl adjacent to an activating group) is 1. The van der Waals surface area contributed by atoms with E-state index in [9.17, 15) is 9.59 Å². The van der Waals surface area contributed by atoms with Gasteiger partial charge in [0.1, 0.15) is 5.82 Å². The Balaban J connectivity index is 1.71. The van der Waals surface area contributed by atoms with E-state index in [1.54, 1.807) is 66.9 Å². The van der Waals surface area contributed by atoms with Gasteiger partial charge in [0.15, 0.2) is 0 Å². The van der Waals surface area contributed by atoms with Gasteiger partial charge in [0.05, 0.1) is 18.4 Å². The van der Waals surface area contributed by atoms with E-state index in [0.717, 1.165) is 12.0 Å². The van der Waals surface area contributed by atoms with Crippen LogP contribution in [0.15, 0.2) is 67.1 Å². The number of nitrogens with zero attached hydrogens (tertiary/aromatic N) is 3. The fourth-order valence-corrected chi connectivity index (χ4v) is 2.82. The van der Waals surface area contributed by atoms with Gasteiger partial charge in [0, 0.05) is 37.7 Å². The summed E-state index contributed by atoms with van der Waals surface area (Å²) in [6.07, 6.45) is 5.79. The maximum absolute atomic E-state index is 12.8. The average Bonchev–Trinajstić information content (AvgIpc) is 2.77. The molecule has 0 atom stereocenters. The Morgan fingerprint density at radius 1 is 1.07 bits per heavy atom. The molecule has 0 saturated heterocycles. The van der Waals surface area contributed by atoms with Crippen molar-refractivity contribution in [1.82, 2.24) is 14.9 Å². The smallest absolute Gasteiger partial charge is 0.339 e. The van der Waals surface area contributed by atoms with Crippen LogP contribution < -0.4 is 5.32 Å². The van der Waals surface area contributed by atoms with Crippen molar-refractivity contribution in [3.05, 3.63) is 83.8 Å². The van der Waals surface area contributed by atoms with Crippen LogP contribution in [0.4, 0.5) is 11.5 Å². The van der Waals surface area contributed by atoms with Gasteiger partial charge in [-0.05, 0) is 48.4 Å². The van der Waals surface area contributed by atoms with Crippen LogP contribution in [0.2, 0.25) is 0 Å². The SMILES string of the molecule is COC(=O)c1ccccc1Nc1cc(C(=O)N(C)CCc2ccncc2)ccn1. The summed E-state index contributed by atoms with van der Waals surface area (Å²) in [6, 6.07) is 14.2. The molecular weight excluding hydrogens is 368 g/mol. The third-order valence-corrected chi connectivity index (χ3v) is 4.43. The number of amides is 1. The molecule has 1 N–H and O–H groups in total. The number of rotatable bonds is 7. The molecule has 2 heterocycles. The summed E-state index contributed by atoms with van der Waals surface area (Å²) < 4.78 is 4.81. The van der Waals surface area contributed by atoms with E-state index in [-0.39, 0.29) is 5.91 Å². The molecule has 0 unspecified atom stereocenters. The predicted octanol–water partition coefficient (Wildman–Crippen LogP) is 3.32. The molecule has 0 spiro atoms. The average molecular weight is 390 g/mol. The number of carbonyl (C=O) groups is 2. The summed E-state index contributed by atoms with van der Waals surface area (Å²) in [5.41, 5.74) is 2.58. The lowest BCUT2D eigenvalue weighted by Gasteiger charge is -2.18. The number of carbonyl (C=O) groups excluding carboxylic acids is 2. The van der Waals surface area contributed by atoms with Gasteiger partial charge >= 0.3 is 5.97 Å². The number of methoxy groups -OCH3 is 1. The minimum atomic E-state index is -0.448. The zero-order chi connectivity index (χ0) is 20.6. The molecular formula is C22H22N4O3. The lowest BCUT2D eigenvalue weighted by Crippen LogP contribution is -2.28. The molecule has 7 nitrogen and oxygen atoms in total. The van der Waals surface area contributed by atoms with Gasteiger partial charge in [-0.3, -0.25) is 9.78 Å². The van der Waals surface area contributed by atoms with Gasteiger partial charge in [0.25, 0.3) is 5.91 Å². The van der Waals surface area contributed by atoms with Crippen molar-refractivity contribution in [1.29, 1.82) is 0 Å². The first-order valence-corrected chi connectivity index (χ1v) is 9.13. The minimum absolute atomic E-state index is 0.106. The van der Waals surface area contributed by atoms with Crippen molar-refractivity contribution in [2.45, 2.75) is 6.42 Å². The van der Waals surface area contributed by atoms with Crippen LogP contribution >= 0.6 is 0 Å². The molecule has 3 aromatic rings. The van der Waals surface area contributed by atoms with E-state index < -0.39 is 5.97 Å². The first kappa shape index (κ1) is 20.0. The van der Waals surface area contributed by atoms with Crippen LogP contribution in [0, 0.1) is 0 Å². The Morgan fingerprint density at radius 3 is 2.59 bits per heavy atom.